The van der Waals surface area contributed by atoms with Crippen LogP contribution in [0.2, 0.25) is 0 Å². The summed E-state index contributed by atoms with van der Waals surface area (Å²) in [5.74, 6) is -0.263. The van der Waals surface area contributed by atoms with Gasteiger partial charge < -0.3 is 39.1 Å². The molecule has 1 aliphatic rings. The molecule has 3 N–H and O–H groups in total. The first-order chi connectivity index (χ1) is 21.6. The van der Waals surface area contributed by atoms with Crippen molar-refractivity contribution in [3.63, 3.8) is 0 Å². The number of rotatable bonds is 15. The van der Waals surface area contributed by atoms with Gasteiger partial charge in [-0.25, -0.2) is 19.8 Å². The molecule has 0 fully saturated rings. The van der Waals surface area contributed by atoms with Gasteiger partial charge in [0.15, 0.2) is 36.2 Å². The van der Waals surface area contributed by atoms with Gasteiger partial charge in [0.25, 0.3) is 5.91 Å². The minimum atomic E-state index is -0.789. The fourth-order valence-corrected chi connectivity index (χ4v) is 4.94. The summed E-state index contributed by atoms with van der Waals surface area (Å²) in [6, 6.07) is 6.98. The highest BCUT2D eigenvalue weighted by atomic mass is 127. The van der Waals surface area contributed by atoms with Crippen molar-refractivity contribution in [3.05, 3.63) is 56.3 Å². The molecule has 0 bridgehead atoms. The number of hydrogen-bond donors (Lipinski definition) is 3. The molecular weight excluding hydrogens is 703 g/mol. The quantitative estimate of drug-likeness (QED) is 0.107. The number of hydrogen-bond acceptors (Lipinski definition) is 11. The molecule has 0 unspecified atom stereocenters. The Kier molecular flexibility index (Phi) is 13.3. The van der Waals surface area contributed by atoms with Crippen LogP contribution >= 0.6 is 22.6 Å². The second-order valence-corrected chi connectivity index (χ2v) is 10.3. The van der Waals surface area contributed by atoms with Crippen molar-refractivity contribution in [2.24, 2.45) is 5.10 Å². The van der Waals surface area contributed by atoms with Crippen LogP contribution in [-0.2, 0) is 23.9 Å². The van der Waals surface area contributed by atoms with E-state index in [0.29, 0.717) is 38.5 Å². The Balaban J connectivity index is 1.66. The Labute approximate surface area is 273 Å². The van der Waals surface area contributed by atoms with Crippen LogP contribution < -0.4 is 35.0 Å². The predicted molar refractivity (Wildman–Crippen MR) is 170 cm³/mol. The number of benzene rings is 2. The van der Waals surface area contributed by atoms with E-state index in [4.69, 9.17) is 28.4 Å². The monoisotopic (exact) mass is 738 g/mol. The maximum atomic E-state index is 12.6. The third-order valence-corrected chi connectivity index (χ3v) is 6.82. The SMILES string of the molecule is CCOC(=O)COc1c(I)cc(/C=N\NC(=O)COc2ccc([C@@H]3NC(=O)NC(C)=C3C(=O)OCC)cc2OC)cc1OCC. The Bertz CT molecular complexity index is 1480. The Morgan fingerprint density at radius 3 is 2.40 bits per heavy atom. The number of hydrazone groups is 1. The van der Waals surface area contributed by atoms with E-state index in [-0.39, 0.29) is 43.5 Å². The van der Waals surface area contributed by atoms with Crippen LogP contribution in [0.1, 0.15) is 44.9 Å². The number of carbonyl (C=O) groups excluding carboxylic acids is 4. The fraction of sp³-hybridized carbons (Fsp3) is 0.367. The maximum absolute atomic E-state index is 12.6. The van der Waals surface area contributed by atoms with Gasteiger partial charge in [-0.1, -0.05) is 6.07 Å². The molecule has 3 rings (SSSR count). The lowest BCUT2D eigenvalue weighted by atomic mass is 9.95. The van der Waals surface area contributed by atoms with Gasteiger partial charge in [-0.05, 0) is 85.7 Å². The number of halogens is 1. The summed E-state index contributed by atoms with van der Waals surface area (Å²) >= 11 is 2.05. The van der Waals surface area contributed by atoms with Crippen LogP contribution in [0.4, 0.5) is 4.79 Å². The number of esters is 2. The summed E-state index contributed by atoms with van der Waals surface area (Å²) in [5, 5.41) is 9.30. The average Bonchev–Trinajstić information content (AvgIpc) is 2.99. The van der Waals surface area contributed by atoms with Crippen molar-refractivity contribution in [3.8, 4) is 23.0 Å². The van der Waals surface area contributed by atoms with Crippen molar-refractivity contribution in [1.82, 2.24) is 16.1 Å². The molecule has 0 radical (unpaired) electrons. The number of nitrogens with zero attached hydrogens (tertiary/aromatic N) is 1. The fourth-order valence-electron chi connectivity index (χ4n) is 4.16. The average molecular weight is 739 g/mol. The highest BCUT2D eigenvalue weighted by molar-refractivity contribution is 14.1. The van der Waals surface area contributed by atoms with Gasteiger partial charge in [0.2, 0.25) is 0 Å². The summed E-state index contributed by atoms with van der Waals surface area (Å²) in [4.78, 5) is 48.9. The summed E-state index contributed by atoms with van der Waals surface area (Å²) in [5.41, 5.74) is 4.19. The molecule has 0 spiro atoms. The lowest BCUT2D eigenvalue weighted by Gasteiger charge is -2.28. The molecule has 2 aromatic carbocycles. The molecule has 1 heterocycles. The van der Waals surface area contributed by atoms with Crippen molar-refractivity contribution in [1.29, 1.82) is 0 Å². The van der Waals surface area contributed by atoms with Gasteiger partial charge in [-0.2, -0.15) is 5.10 Å². The first-order valence-electron chi connectivity index (χ1n) is 13.9. The van der Waals surface area contributed by atoms with E-state index >= 15 is 0 Å². The summed E-state index contributed by atoms with van der Waals surface area (Å²) in [6.07, 6.45) is 1.43. The van der Waals surface area contributed by atoms with E-state index in [1.54, 1.807) is 51.1 Å². The lowest BCUT2D eigenvalue weighted by Crippen LogP contribution is -2.45. The molecule has 0 saturated heterocycles. The molecule has 1 aliphatic heterocycles. The van der Waals surface area contributed by atoms with Crippen LogP contribution in [0.3, 0.4) is 0 Å². The largest absolute Gasteiger partial charge is 0.493 e. The number of urea groups is 1. The zero-order valence-corrected chi connectivity index (χ0v) is 27.6. The number of amides is 3. The molecule has 3 amide bonds. The predicted octanol–water partition coefficient (Wildman–Crippen LogP) is 3.36. The second kappa shape index (κ2) is 17.1. The van der Waals surface area contributed by atoms with Gasteiger partial charge in [-0.3, -0.25) is 4.79 Å². The molecule has 14 nitrogen and oxygen atoms in total. The van der Waals surface area contributed by atoms with E-state index < -0.39 is 29.9 Å². The van der Waals surface area contributed by atoms with Crippen molar-refractivity contribution in [2.45, 2.75) is 33.7 Å². The van der Waals surface area contributed by atoms with E-state index in [9.17, 15) is 19.2 Å². The normalized spacial score (nSPS) is 14.3. The Morgan fingerprint density at radius 1 is 0.956 bits per heavy atom. The zero-order chi connectivity index (χ0) is 32.9. The Morgan fingerprint density at radius 2 is 1.71 bits per heavy atom. The minimum absolute atomic E-state index is 0.173. The number of methoxy groups -OCH3 is 1. The first-order valence-corrected chi connectivity index (χ1v) is 15.0. The van der Waals surface area contributed by atoms with Crippen molar-refractivity contribution < 1.29 is 47.6 Å². The Hall–Kier alpha value is -4.54. The van der Waals surface area contributed by atoms with Crippen molar-refractivity contribution in [2.75, 3.05) is 40.1 Å². The van der Waals surface area contributed by atoms with E-state index in [1.165, 1.54) is 13.3 Å². The van der Waals surface area contributed by atoms with Crippen LogP contribution in [0, 0.1) is 3.57 Å². The second-order valence-electron chi connectivity index (χ2n) is 9.14. The maximum Gasteiger partial charge on any atom is 0.344 e. The molecule has 2 aromatic rings. The van der Waals surface area contributed by atoms with E-state index in [0.717, 1.165) is 0 Å². The van der Waals surface area contributed by atoms with Crippen LogP contribution in [0.15, 0.2) is 46.7 Å². The smallest absolute Gasteiger partial charge is 0.344 e. The standard InChI is InChI=1S/C30H35IN4O10/c1-6-41-23-12-18(11-20(31)28(23)45-16-25(37)42-7-2)14-32-35-24(36)15-44-21-10-9-19(13-22(21)40-5)27-26(29(38)43-8-3)17(4)33-30(39)34-27/h9-14,27H,6-8,15-16H2,1-5H3,(H,35,36)(H2,33,34,39)/b32-14-/t27-/m0/s1. The van der Waals surface area contributed by atoms with Crippen molar-refractivity contribution >= 4 is 52.7 Å². The van der Waals surface area contributed by atoms with Crippen LogP contribution in [-0.4, -0.2) is 70.2 Å². The molecule has 1 atom stereocenters. The molecule has 0 saturated carbocycles. The number of nitrogens with one attached hydrogen (secondary N) is 3. The topological polar surface area (TPSA) is 172 Å². The third-order valence-electron chi connectivity index (χ3n) is 6.02. The number of allylic oxidation sites excluding steroid dienone is 1. The third kappa shape index (κ3) is 9.72. The van der Waals surface area contributed by atoms with Gasteiger partial charge in [0, 0.05) is 5.70 Å². The van der Waals surface area contributed by atoms with E-state index in [1.807, 2.05) is 6.92 Å². The lowest BCUT2D eigenvalue weighted by molar-refractivity contribution is -0.145. The van der Waals surface area contributed by atoms with Gasteiger partial charge in [0.1, 0.15) is 0 Å². The summed E-state index contributed by atoms with van der Waals surface area (Å²) in [7, 11) is 1.43. The minimum Gasteiger partial charge on any atom is -0.493 e. The molecule has 0 aliphatic carbocycles. The number of carbonyl (C=O) groups is 4. The van der Waals surface area contributed by atoms with E-state index in [2.05, 4.69) is 43.8 Å². The van der Waals surface area contributed by atoms with Crippen LogP contribution in [0.25, 0.3) is 0 Å². The summed E-state index contributed by atoms with van der Waals surface area (Å²) in [6.45, 7) is 6.97. The molecule has 45 heavy (non-hydrogen) atoms. The molecule has 242 valence electrons. The highest BCUT2D eigenvalue weighted by Gasteiger charge is 2.32. The summed E-state index contributed by atoms with van der Waals surface area (Å²) < 4.78 is 33.1. The molecule has 0 aromatic heterocycles. The highest BCUT2D eigenvalue weighted by Crippen LogP contribution is 2.35. The number of ether oxygens (including phenoxy) is 6. The molecular formula is C30H35IN4O10. The van der Waals surface area contributed by atoms with Gasteiger partial charge >= 0.3 is 18.0 Å². The molecule has 15 heteroatoms. The zero-order valence-electron chi connectivity index (χ0n) is 25.5. The van der Waals surface area contributed by atoms with Gasteiger partial charge in [0.05, 0.1) is 48.3 Å². The first kappa shape index (κ1) is 34.9. The van der Waals surface area contributed by atoms with Crippen LogP contribution in [0.5, 0.6) is 23.0 Å². The van der Waals surface area contributed by atoms with Gasteiger partial charge in [-0.15, -0.1) is 0 Å².